The third kappa shape index (κ3) is 3.15. The second kappa shape index (κ2) is 5.76. The van der Waals surface area contributed by atoms with E-state index in [0.29, 0.717) is 29.5 Å². The van der Waals surface area contributed by atoms with Crippen molar-refractivity contribution in [2.45, 2.75) is 25.7 Å². The van der Waals surface area contributed by atoms with Crippen molar-refractivity contribution in [3.8, 4) is 5.75 Å². The molecule has 98 valence electrons. The van der Waals surface area contributed by atoms with Crippen LogP contribution in [0, 0.1) is 5.92 Å². The van der Waals surface area contributed by atoms with Crippen molar-refractivity contribution in [2.24, 2.45) is 5.92 Å². The van der Waals surface area contributed by atoms with E-state index >= 15 is 0 Å². The maximum atomic E-state index is 11.9. The van der Waals surface area contributed by atoms with Crippen LogP contribution < -0.4 is 10.5 Å². The summed E-state index contributed by atoms with van der Waals surface area (Å²) < 4.78 is 10.4. The van der Waals surface area contributed by atoms with Crippen molar-refractivity contribution in [1.82, 2.24) is 0 Å². The number of nitrogens with two attached hydrogens (primary N) is 1. The molecule has 1 saturated carbocycles. The number of hydrogen-bond acceptors (Lipinski definition) is 4. The first kappa shape index (κ1) is 12.7. The predicted molar refractivity (Wildman–Crippen MR) is 69.6 cm³/mol. The van der Waals surface area contributed by atoms with E-state index in [9.17, 15) is 4.79 Å². The van der Waals surface area contributed by atoms with E-state index in [-0.39, 0.29) is 5.97 Å². The fraction of sp³-hybridized carbons (Fsp3) is 0.500. The van der Waals surface area contributed by atoms with Gasteiger partial charge < -0.3 is 15.2 Å². The number of methoxy groups -OCH3 is 1. The number of nitrogen functional groups attached to an aromatic ring is 1. The summed E-state index contributed by atoms with van der Waals surface area (Å²) in [5, 5.41) is 0. The number of rotatable bonds is 4. The van der Waals surface area contributed by atoms with Crippen LogP contribution in [0.25, 0.3) is 0 Å². The number of anilines is 1. The van der Waals surface area contributed by atoms with E-state index in [2.05, 4.69) is 0 Å². The molecule has 0 atom stereocenters. The van der Waals surface area contributed by atoms with Gasteiger partial charge in [-0.05, 0) is 30.9 Å². The van der Waals surface area contributed by atoms with Gasteiger partial charge in [0.05, 0.1) is 19.3 Å². The Balaban J connectivity index is 1.97. The summed E-state index contributed by atoms with van der Waals surface area (Å²) in [7, 11) is 1.54. The summed E-state index contributed by atoms with van der Waals surface area (Å²) in [5.41, 5.74) is 6.65. The lowest BCUT2D eigenvalue weighted by Gasteiger charge is -2.11. The summed E-state index contributed by atoms with van der Waals surface area (Å²) in [5.74, 6) is 0.771. The van der Waals surface area contributed by atoms with Crippen LogP contribution in [-0.2, 0) is 4.74 Å². The molecule has 2 rings (SSSR count). The molecule has 0 bridgehead atoms. The molecule has 1 aliphatic rings. The summed E-state index contributed by atoms with van der Waals surface area (Å²) in [6.07, 6.45) is 4.81. The molecule has 0 aliphatic heterocycles. The van der Waals surface area contributed by atoms with Crippen LogP contribution in [0.4, 0.5) is 5.69 Å². The molecule has 0 spiro atoms. The Labute approximate surface area is 107 Å². The fourth-order valence-corrected chi connectivity index (χ4v) is 2.31. The molecule has 1 fully saturated rings. The summed E-state index contributed by atoms with van der Waals surface area (Å²) >= 11 is 0. The summed E-state index contributed by atoms with van der Waals surface area (Å²) in [6, 6.07) is 4.93. The Hall–Kier alpha value is -1.71. The van der Waals surface area contributed by atoms with Crippen LogP contribution in [0.5, 0.6) is 5.75 Å². The van der Waals surface area contributed by atoms with E-state index in [0.717, 1.165) is 12.8 Å². The molecule has 2 N–H and O–H groups in total. The number of carbonyl (C=O) groups excluding carboxylic acids is 1. The van der Waals surface area contributed by atoms with Crippen molar-refractivity contribution < 1.29 is 14.3 Å². The Bertz CT molecular complexity index is 425. The Morgan fingerprint density at radius 3 is 2.72 bits per heavy atom. The van der Waals surface area contributed by atoms with Crippen LogP contribution in [0.2, 0.25) is 0 Å². The molecule has 0 unspecified atom stereocenters. The van der Waals surface area contributed by atoms with Crippen molar-refractivity contribution in [2.75, 3.05) is 19.5 Å². The molecular weight excluding hydrogens is 230 g/mol. The van der Waals surface area contributed by atoms with Crippen LogP contribution >= 0.6 is 0 Å². The number of carbonyl (C=O) groups is 1. The van der Waals surface area contributed by atoms with Gasteiger partial charge in [0.25, 0.3) is 0 Å². The SMILES string of the molecule is COc1cc(N)cc(C(=O)OCC2CCCC2)c1. The molecule has 0 amide bonds. The van der Waals surface area contributed by atoms with Gasteiger partial charge in [0.2, 0.25) is 0 Å². The zero-order chi connectivity index (χ0) is 13.0. The van der Waals surface area contributed by atoms with Gasteiger partial charge in [0.1, 0.15) is 5.75 Å². The van der Waals surface area contributed by atoms with Crippen molar-refractivity contribution in [3.63, 3.8) is 0 Å². The highest BCUT2D eigenvalue weighted by atomic mass is 16.5. The van der Waals surface area contributed by atoms with Gasteiger partial charge in [-0.15, -0.1) is 0 Å². The van der Waals surface area contributed by atoms with Crippen LogP contribution in [0.3, 0.4) is 0 Å². The van der Waals surface area contributed by atoms with Gasteiger partial charge in [-0.25, -0.2) is 4.79 Å². The zero-order valence-corrected chi connectivity index (χ0v) is 10.6. The molecule has 1 aromatic rings. The topological polar surface area (TPSA) is 61.5 Å². The smallest absolute Gasteiger partial charge is 0.338 e. The first-order valence-electron chi connectivity index (χ1n) is 6.30. The van der Waals surface area contributed by atoms with E-state index in [1.54, 1.807) is 25.3 Å². The van der Waals surface area contributed by atoms with Gasteiger partial charge in [-0.1, -0.05) is 12.8 Å². The fourth-order valence-electron chi connectivity index (χ4n) is 2.31. The summed E-state index contributed by atoms with van der Waals surface area (Å²) in [6.45, 7) is 0.510. The lowest BCUT2D eigenvalue weighted by atomic mass is 10.1. The highest BCUT2D eigenvalue weighted by molar-refractivity contribution is 5.91. The van der Waals surface area contributed by atoms with Gasteiger partial charge >= 0.3 is 5.97 Å². The maximum absolute atomic E-state index is 11.9. The van der Waals surface area contributed by atoms with E-state index in [1.807, 2.05) is 0 Å². The first-order valence-corrected chi connectivity index (χ1v) is 6.30. The second-order valence-corrected chi connectivity index (χ2v) is 4.74. The minimum absolute atomic E-state index is 0.326. The molecule has 0 saturated heterocycles. The van der Waals surface area contributed by atoms with Crippen molar-refractivity contribution in [1.29, 1.82) is 0 Å². The number of esters is 1. The van der Waals surface area contributed by atoms with Crippen molar-refractivity contribution in [3.05, 3.63) is 23.8 Å². The first-order chi connectivity index (χ1) is 8.69. The van der Waals surface area contributed by atoms with E-state index in [4.69, 9.17) is 15.2 Å². The van der Waals surface area contributed by atoms with Crippen LogP contribution in [-0.4, -0.2) is 19.7 Å². The normalized spacial score (nSPS) is 15.6. The molecule has 0 heterocycles. The zero-order valence-electron chi connectivity index (χ0n) is 10.6. The van der Waals surface area contributed by atoms with Crippen LogP contribution in [0.15, 0.2) is 18.2 Å². The summed E-state index contributed by atoms with van der Waals surface area (Å²) in [4.78, 5) is 11.9. The van der Waals surface area contributed by atoms with Gasteiger partial charge in [0, 0.05) is 11.8 Å². The van der Waals surface area contributed by atoms with E-state index in [1.165, 1.54) is 12.8 Å². The standard InChI is InChI=1S/C14H19NO3/c1-17-13-7-11(6-12(15)8-13)14(16)18-9-10-4-2-3-5-10/h6-8,10H,2-5,9,15H2,1H3. The maximum Gasteiger partial charge on any atom is 0.338 e. The predicted octanol–water partition coefficient (Wildman–Crippen LogP) is 2.62. The van der Waals surface area contributed by atoms with E-state index < -0.39 is 0 Å². The monoisotopic (exact) mass is 249 g/mol. The molecule has 0 aromatic heterocycles. The average molecular weight is 249 g/mol. The minimum atomic E-state index is -0.326. The lowest BCUT2D eigenvalue weighted by Crippen LogP contribution is -2.12. The van der Waals surface area contributed by atoms with Crippen molar-refractivity contribution >= 4 is 11.7 Å². The Kier molecular flexibility index (Phi) is 4.07. The Morgan fingerprint density at radius 2 is 2.06 bits per heavy atom. The lowest BCUT2D eigenvalue weighted by molar-refractivity contribution is 0.0442. The quantitative estimate of drug-likeness (QED) is 0.658. The Morgan fingerprint density at radius 1 is 1.33 bits per heavy atom. The molecule has 0 radical (unpaired) electrons. The molecule has 4 heteroatoms. The average Bonchev–Trinajstić information content (AvgIpc) is 2.88. The third-order valence-corrected chi connectivity index (χ3v) is 3.33. The number of ether oxygens (including phenoxy) is 2. The number of benzene rings is 1. The van der Waals surface area contributed by atoms with Gasteiger partial charge in [-0.3, -0.25) is 0 Å². The number of hydrogen-bond donors (Lipinski definition) is 1. The molecule has 1 aliphatic carbocycles. The second-order valence-electron chi connectivity index (χ2n) is 4.74. The third-order valence-electron chi connectivity index (χ3n) is 3.33. The molecule has 18 heavy (non-hydrogen) atoms. The minimum Gasteiger partial charge on any atom is -0.497 e. The van der Waals surface area contributed by atoms with Crippen LogP contribution in [0.1, 0.15) is 36.0 Å². The molecular formula is C14H19NO3. The van der Waals surface area contributed by atoms with Gasteiger partial charge in [0.15, 0.2) is 0 Å². The highest BCUT2D eigenvalue weighted by Gasteiger charge is 2.18. The molecule has 1 aromatic carbocycles. The highest BCUT2D eigenvalue weighted by Crippen LogP contribution is 2.25. The van der Waals surface area contributed by atoms with Gasteiger partial charge in [-0.2, -0.15) is 0 Å². The molecule has 4 nitrogen and oxygen atoms in total. The largest absolute Gasteiger partial charge is 0.497 e.